The highest BCUT2D eigenvalue weighted by atomic mass is 16.1. The van der Waals surface area contributed by atoms with E-state index in [2.05, 4.69) is 25.6 Å². The van der Waals surface area contributed by atoms with Crippen LogP contribution < -0.4 is 10.6 Å². The summed E-state index contributed by atoms with van der Waals surface area (Å²) in [6.07, 6.45) is 10.6. The SMILES string of the molecule is O=C(NC1CCCCC1)c1cnc(Nc2cccc3cccnc23)nc1. The molecule has 0 radical (unpaired) electrons. The number of amides is 1. The van der Waals surface area contributed by atoms with E-state index < -0.39 is 0 Å². The first-order valence-electron chi connectivity index (χ1n) is 9.03. The van der Waals surface area contributed by atoms with Gasteiger partial charge in [0.2, 0.25) is 5.95 Å². The molecular formula is C20H21N5O. The van der Waals surface area contributed by atoms with E-state index in [0.717, 1.165) is 29.4 Å². The first kappa shape index (κ1) is 16.4. The number of nitrogens with zero attached hydrogens (tertiary/aromatic N) is 3. The topological polar surface area (TPSA) is 79.8 Å². The average molecular weight is 347 g/mol. The molecular weight excluding hydrogens is 326 g/mol. The molecule has 1 aliphatic carbocycles. The third kappa shape index (κ3) is 3.64. The summed E-state index contributed by atoms with van der Waals surface area (Å²) in [5.41, 5.74) is 2.18. The monoisotopic (exact) mass is 347 g/mol. The quantitative estimate of drug-likeness (QED) is 0.750. The summed E-state index contributed by atoms with van der Waals surface area (Å²) in [7, 11) is 0. The van der Waals surface area contributed by atoms with Crippen LogP contribution in [-0.4, -0.2) is 26.9 Å². The molecule has 2 aromatic heterocycles. The van der Waals surface area contributed by atoms with Crippen LogP contribution in [0, 0.1) is 0 Å². The maximum absolute atomic E-state index is 12.3. The van der Waals surface area contributed by atoms with Crippen LogP contribution in [-0.2, 0) is 0 Å². The zero-order valence-corrected chi connectivity index (χ0v) is 14.5. The van der Waals surface area contributed by atoms with Crippen molar-refractivity contribution in [2.45, 2.75) is 38.1 Å². The number of para-hydroxylation sites is 1. The van der Waals surface area contributed by atoms with Crippen molar-refractivity contribution in [1.29, 1.82) is 0 Å². The molecule has 0 spiro atoms. The normalized spacial score (nSPS) is 14.9. The maximum atomic E-state index is 12.3. The number of carbonyl (C=O) groups is 1. The first-order valence-corrected chi connectivity index (χ1v) is 9.03. The lowest BCUT2D eigenvalue weighted by molar-refractivity contribution is 0.0927. The Kier molecular flexibility index (Phi) is 4.73. The van der Waals surface area contributed by atoms with Crippen LogP contribution >= 0.6 is 0 Å². The van der Waals surface area contributed by atoms with Gasteiger partial charge in [-0.2, -0.15) is 0 Å². The molecule has 1 aromatic carbocycles. The molecule has 1 aliphatic rings. The zero-order chi connectivity index (χ0) is 17.8. The average Bonchev–Trinajstić information content (AvgIpc) is 2.70. The van der Waals surface area contributed by atoms with Gasteiger partial charge < -0.3 is 10.6 Å². The van der Waals surface area contributed by atoms with E-state index in [0.29, 0.717) is 11.5 Å². The minimum Gasteiger partial charge on any atom is -0.349 e. The summed E-state index contributed by atoms with van der Waals surface area (Å²) in [5.74, 6) is 0.340. The summed E-state index contributed by atoms with van der Waals surface area (Å²) in [6, 6.07) is 10.1. The Balaban J connectivity index is 1.46. The molecule has 26 heavy (non-hydrogen) atoms. The largest absolute Gasteiger partial charge is 0.349 e. The van der Waals surface area contributed by atoms with Crippen LogP contribution in [0.4, 0.5) is 11.6 Å². The van der Waals surface area contributed by atoms with Gasteiger partial charge in [0.05, 0.1) is 16.8 Å². The number of pyridine rings is 1. The van der Waals surface area contributed by atoms with Crippen LogP contribution in [0.3, 0.4) is 0 Å². The Bertz CT molecular complexity index is 898. The van der Waals surface area contributed by atoms with E-state index in [1.165, 1.54) is 19.3 Å². The van der Waals surface area contributed by atoms with Gasteiger partial charge in [-0.25, -0.2) is 9.97 Å². The number of aromatic nitrogens is 3. The summed E-state index contributed by atoms with van der Waals surface area (Å²) in [5, 5.41) is 7.30. The fourth-order valence-corrected chi connectivity index (χ4v) is 3.35. The lowest BCUT2D eigenvalue weighted by Crippen LogP contribution is -2.36. The van der Waals surface area contributed by atoms with Crippen LogP contribution in [0.15, 0.2) is 48.9 Å². The van der Waals surface area contributed by atoms with Crippen molar-refractivity contribution in [3.05, 3.63) is 54.5 Å². The fourth-order valence-electron chi connectivity index (χ4n) is 3.35. The van der Waals surface area contributed by atoms with Gasteiger partial charge in [0.1, 0.15) is 0 Å². The molecule has 2 heterocycles. The molecule has 0 aliphatic heterocycles. The molecule has 6 nitrogen and oxygen atoms in total. The number of carbonyl (C=O) groups excluding carboxylic acids is 1. The predicted octanol–water partition coefficient (Wildman–Crippen LogP) is 3.83. The Morgan fingerprint density at radius 3 is 2.54 bits per heavy atom. The van der Waals surface area contributed by atoms with Crippen molar-refractivity contribution in [2.75, 3.05) is 5.32 Å². The van der Waals surface area contributed by atoms with Gasteiger partial charge >= 0.3 is 0 Å². The predicted molar refractivity (Wildman–Crippen MR) is 101 cm³/mol. The van der Waals surface area contributed by atoms with Crippen LogP contribution in [0.1, 0.15) is 42.5 Å². The number of hydrogen-bond acceptors (Lipinski definition) is 5. The van der Waals surface area contributed by atoms with E-state index in [9.17, 15) is 4.79 Å². The summed E-state index contributed by atoms with van der Waals surface area (Å²) < 4.78 is 0. The van der Waals surface area contributed by atoms with E-state index in [-0.39, 0.29) is 11.9 Å². The molecule has 4 rings (SSSR count). The van der Waals surface area contributed by atoms with E-state index in [4.69, 9.17) is 0 Å². The number of rotatable bonds is 4. The molecule has 0 saturated heterocycles. The van der Waals surface area contributed by atoms with Crippen molar-refractivity contribution in [3.63, 3.8) is 0 Å². The second-order valence-electron chi connectivity index (χ2n) is 6.61. The highest BCUT2D eigenvalue weighted by Gasteiger charge is 2.17. The second-order valence-corrected chi connectivity index (χ2v) is 6.61. The molecule has 0 unspecified atom stereocenters. The summed E-state index contributed by atoms with van der Waals surface area (Å²) >= 11 is 0. The van der Waals surface area contributed by atoms with Crippen LogP contribution in [0.5, 0.6) is 0 Å². The minimum absolute atomic E-state index is 0.102. The first-order chi connectivity index (χ1) is 12.8. The Labute approximate surface area is 152 Å². The molecule has 0 bridgehead atoms. The molecule has 1 amide bonds. The van der Waals surface area contributed by atoms with Crippen molar-refractivity contribution < 1.29 is 4.79 Å². The molecule has 6 heteroatoms. The van der Waals surface area contributed by atoms with Gasteiger partial charge in [0.15, 0.2) is 0 Å². The zero-order valence-electron chi connectivity index (χ0n) is 14.5. The van der Waals surface area contributed by atoms with Crippen molar-refractivity contribution in [3.8, 4) is 0 Å². The van der Waals surface area contributed by atoms with E-state index in [1.807, 2.05) is 30.3 Å². The smallest absolute Gasteiger partial charge is 0.254 e. The highest BCUT2D eigenvalue weighted by molar-refractivity contribution is 5.94. The minimum atomic E-state index is -0.102. The Morgan fingerprint density at radius 1 is 0.962 bits per heavy atom. The third-order valence-electron chi connectivity index (χ3n) is 4.73. The number of benzene rings is 1. The van der Waals surface area contributed by atoms with Gasteiger partial charge in [-0.05, 0) is 25.0 Å². The number of anilines is 2. The molecule has 3 aromatic rings. The lowest BCUT2D eigenvalue weighted by atomic mass is 9.95. The van der Waals surface area contributed by atoms with E-state index in [1.54, 1.807) is 18.6 Å². The van der Waals surface area contributed by atoms with Gasteiger partial charge in [0.25, 0.3) is 5.91 Å². The summed E-state index contributed by atoms with van der Waals surface area (Å²) in [6.45, 7) is 0. The van der Waals surface area contributed by atoms with Crippen molar-refractivity contribution in [1.82, 2.24) is 20.3 Å². The Morgan fingerprint density at radius 2 is 1.73 bits per heavy atom. The fraction of sp³-hybridized carbons (Fsp3) is 0.300. The summed E-state index contributed by atoms with van der Waals surface area (Å²) in [4.78, 5) is 25.3. The molecule has 1 saturated carbocycles. The van der Waals surface area contributed by atoms with E-state index >= 15 is 0 Å². The Hall–Kier alpha value is -3.02. The van der Waals surface area contributed by atoms with Gasteiger partial charge in [0, 0.05) is 30.0 Å². The molecule has 2 N–H and O–H groups in total. The second kappa shape index (κ2) is 7.47. The molecule has 1 fully saturated rings. The maximum Gasteiger partial charge on any atom is 0.254 e. The molecule has 132 valence electrons. The van der Waals surface area contributed by atoms with Gasteiger partial charge in [-0.3, -0.25) is 9.78 Å². The van der Waals surface area contributed by atoms with Crippen LogP contribution in [0.2, 0.25) is 0 Å². The van der Waals surface area contributed by atoms with Crippen molar-refractivity contribution in [2.24, 2.45) is 0 Å². The number of nitrogens with one attached hydrogen (secondary N) is 2. The van der Waals surface area contributed by atoms with Crippen molar-refractivity contribution >= 4 is 28.4 Å². The van der Waals surface area contributed by atoms with Gasteiger partial charge in [-0.1, -0.05) is 37.5 Å². The highest BCUT2D eigenvalue weighted by Crippen LogP contribution is 2.23. The third-order valence-corrected chi connectivity index (χ3v) is 4.73. The number of fused-ring (bicyclic) bond motifs is 1. The standard InChI is InChI=1S/C20H21N5O/c26-19(24-16-8-2-1-3-9-16)15-12-22-20(23-13-15)25-17-10-4-6-14-7-5-11-21-18(14)17/h4-7,10-13,16H,1-3,8-9H2,(H,24,26)(H,22,23,25). The number of hydrogen-bond donors (Lipinski definition) is 2. The molecule has 0 atom stereocenters. The van der Waals surface area contributed by atoms with Crippen LogP contribution in [0.25, 0.3) is 10.9 Å². The lowest BCUT2D eigenvalue weighted by Gasteiger charge is -2.22. The van der Waals surface area contributed by atoms with Gasteiger partial charge in [-0.15, -0.1) is 0 Å².